The summed E-state index contributed by atoms with van der Waals surface area (Å²) in [5.74, 6) is -0.118. The van der Waals surface area contributed by atoms with Gasteiger partial charge in [0.05, 0.1) is 5.69 Å². The molecule has 1 unspecified atom stereocenters. The van der Waals surface area contributed by atoms with Crippen LogP contribution in [0.1, 0.15) is 13.0 Å². The molecule has 3 rings (SSSR count). The summed E-state index contributed by atoms with van der Waals surface area (Å²) in [5.41, 5.74) is 1.61. The molecule has 2 heterocycles. The number of anilines is 1. The van der Waals surface area contributed by atoms with Gasteiger partial charge in [0.25, 0.3) is 0 Å². The Bertz CT molecular complexity index is 703. The molecule has 0 saturated carbocycles. The molecule has 1 N–H and O–H groups in total. The number of hydrogen-bond acceptors (Lipinski definition) is 4. The monoisotopic (exact) mass is 282 g/mol. The lowest BCUT2D eigenvalue weighted by molar-refractivity contribution is -0.119. The van der Waals surface area contributed by atoms with E-state index < -0.39 is 0 Å². The molecule has 1 atom stereocenters. The van der Waals surface area contributed by atoms with E-state index in [1.807, 2.05) is 24.3 Å². The van der Waals surface area contributed by atoms with Crippen molar-refractivity contribution in [3.8, 4) is 5.69 Å². The third kappa shape index (κ3) is 2.81. The van der Waals surface area contributed by atoms with Crippen molar-refractivity contribution in [3.05, 3.63) is 55.4 Å². The molecule has 7 heteroatoms. The Balaban J connectivity index is 1.69. The number of nitrogens with one attached hydrogen (secondary N) is 1. The fourth-order valence-electron chi connectivity index (χ4n) is 1.92. The van der Waals surface area contributed by atoms with E-state index in [-0.39, 0.29) is 11.9 Å². The van der Waals surface area contributed by atoms with Gasteiger partial charge in [-0.25, -0.2) is 9.67 Å². The van der Waals surface area contributed by atoms with Crippen molar-refractivity contribution in [1.29, 1.82) is 0 Å². The Labute approximate surface area is 121 Å². The van der Waals surface area contributed by atoms with E-state index in [1.165, 1.54) is 6.33 Å². The largest absolute Gasteiger partial charge is 0.324 e. The lowest BCUT2D eigenvalue weighted by Gasteiger charge is -2.13. The molecule has 21 heavy (non-hydrogen) atoms. The summed E-state index contributed by atoms with van der Waals surface area (Å²) in [7, 11) is 0. The van der Waals surface area contributed by atoms with Gasteiger partial charge in [0.15, 0.2) is 0 Å². The van der Waals surface area contributed by atoms with Crippen molar-refractivity contribution in [3.63, 3.8) is 0 Å². The van der Waals surface area contributed by atoms with Crippen molar-refractivity contribution in [2.45, 2.75) is 13.0 Å². The predicted octanol–water partition coefficient (Wildman–Crippen LogP) is 1.66. The molecule has 0 radical (unpaired) electrons. The molecule has 2 aromatic heterocycles. The van der Waals surface area contributed by atoms with Gasteiger partial charge < -0.3 is 5.32 Å². The fourth-order valence-corrected chi connectivity index (χ4v) is 1.92. The number of benzene rings is 1. The minimum atomic E-state index is -0.366. The minimum absolute atomic E-state index is 0.118. The first-order valence-electron chi connectivity index (χ1n) is 6.49. The lowest BCUT2D eigenvalue weighted by Crippen LogP contribution is -2.23. The number of amides is 1. The van der Waals surface area contributed by atoms with Crippen molar-refractivity contribution in [2.24, 2.45) is 0 Å². The van der Waals surface area contributed by atoms with Crippen molar-refractivity contribution < 1.29 is 4.79 Å². The van der Waals surface area contributed by atoms with Gasteiger partial charge in [-0.2, -0.15) is 10.2 Å². The summed E-state index contributed by atoms with van der Waals surface area (Å²) >= 11 is 0. The predicted molar refractivity (Wildman–Crippen MR) is 76.9 cm³/mol. The summed E-state index contributed by atoms with van der Waals surface area (Å²) in [6.45, 7) is 1.80. The Hall–Kier alpha value is -2.96. The van der Waals surface area contributed by atoms with Gasteiger partial charge in [0.2, 0.25) is 5.91 Å². The Morgan fingerprint density at radius 2 is 2.05 bits per heavy atom. The molecule has 0 aliphatic carbocycles. The second-order valence-corrected chi connectivity index (χ2v) is 4.54. The van der Waals surface area contributed by atoms with Gasteiger partial charge in [-0.15, -0.1) is 0 Å². The van der Waals surface area contributed by atoms with Gasteiger partial charge >= 0.3 is 0 Å². The average Bonchev–Trinajstić information content (AvgIpc) is 3.20. The summed E-state index contributed by atoms with van der Waals surface area (Å²) < 4.78 is 3.26. The highest BCUT2D eigenvalue weighted by atomic mass is 16.2. The van der Waals surface area contributed by atoms with E-state index in [4.69, 9.17) is 0 Å². The molecule has 0 spiro atoms. The van der Waals surface area contributed by atoms with E-state index in [0.717, 1.165) is 11.4 Å². The molecule has 0 bridgehead atoms. The van der Waals surface area contributed by atoms with Crippen LogP contribution in [0.2, 0.25) is 0 Å². The third-order valence-corrected chi connectivity index (χ3v) is 3.12. The molecule has 7 nitrogen and oxygen atoms in total. The number of carbonyl (C=O) groups excluding carboxylic acids is 1. The fraction of sp³-hybridized carbons (Fsp3) is 0.143. The van der Waals surface area contributed by atoms with Gasteiger partial charge in [-0.1, -0.05) is 0 Å². The Morgan fingerprint density at radius 1 is 1.24 bits per heavy atom. The zero-order valence-electron chi connectivity index (χ0n) is 11.4. The molecule has 1 amide bonds. The zero-order chi connectivity index (χ0) is 14.7. The Morgan fingerprint density at radius 3 is 2.67 bits per heavy atom. The molecule has 0 aliphatic heterocycles. The van der Waals surface area contributed by atoms with Crippen LogP contribution >= 0.6 is 0 Å². The van der Waals surface area contributed by atoms with Crippen LogP contribution in [-0.2, 0) is 4.79 Å². The van der Waals surface area contributed by atoms with Gasteiger partial charge in [-0.05, 0) is 37.3 Å². The number of nitrogens with zero attached hydrogens (tertiary/aromatic N) is 5. The summed E-state index contributed by atoms with van der Waals surface area (Å²) in [6.07, 6.45) is 6.50. The highest BCUT2D eigenvalue weighted by Crippen LogP contribution is 2.14. The molecule has 1 aromatic carbocycles. The summed E-state index contributed by atoms with van der Waals surface area (Å²) in [4.78, 5) is 16.0. The van der Waals surface area contributed by atoms with Crippen LogP contribution < -0.4 is 5.32 Å². The standard InChI is InChI=1S/C14H14N6O/c1-11(19-8-2-7-16-19)14(21)18-12-3-5-13(6-4-12)20-10-15-9-17-20/h2-11H,1H3,(H,18,21). The van der Waals surface area contributed by atoms with E-state index in [1.54, 1.807) is 41.1 Å². The van der Waals surface area contributed by atoms with Gasteiger partial charge in [0.1, 0.15) is 18.7 Å². The second-order valence-electron chi connectivity index (χ2n) is 4.54. The lowest BCUT2D eigenvalue weighted by atomic mass is 10.2. The van der Waals surface area contributed by atoms with E-state index >= 15 is 0 Å². The molecule has 0 saturated heterocycles. The average molecular weight is 282 g/mol. The van der Waals surface area contributed by atoms with Crippen molar-refractivity contribution in [1.82, 2.24) is 24.5 Å². The molecule has 3 aromatic rings. The summed E-state index contributed by atoms with van der Waals surface area (Å²) in [6, 6.07) is 8.80. The normalized spacial score (nSPS) is 12.0. The highest BCUT2D eigenvalue weighted by molar-refractivity contribution is 5.93. The Kier molecular flexibility index (Phi) is 3.46. The second kappa shape index (κ2) is 5.58. The summed E-state index contributed by atoms with van der Waals surface area (Å²) in [5, 5.41) is 11.0. The SMILES string of the molecule is CC(C(=O)Nc1ccc(-n2cncn2)cc1)n1cccn1. The quantitative estimate of drug-likeness (QED) is 0.789. The number of aromatic nitrogens is 5. The van der Waals surface area contributed by atoms with Gasteiger partial charge in [-0.3, -0.25) is 9.48 Å². The van der Waals surface area contributed by atoms with Crippen LogP contribution in [0.5, 0.6) is 0 Å². The van der Waals surface area contributed by atoms with E-state index in [0.29, 0.717) is 0 Å². The van der Waals surface area contributed by atoms with Crippen molar-refractivity contribution >= 4 is 11.6 Å². The van der Waals surface area contributed by atoms with Crippen LogP contribution in [0.4, 0.5) is 5.69 Å². The first kappa shape index (κ1) is 13.0. The third-order valence-electron chi connectivity index (χ3n) is 3.12. The molecule has 106 valence electrons. The molecular weight excluding hydrogens is 268 g/mol. The van der Waals surface area contributed by atoms with Crippen molar-refractivity contribution in [2.75, 3.05) is 5.32 Å². The van der Waals surface area contributed by atoms with Gasteiger partial charge in [0, 0.05) is 18.1 Å². The molecular formula is C14H14N6O. The van der Waals surface area contributed by atoms with Crippen LogP contribution in [0.15, 0.2) is 55.4 Å². The zero-order valence-corrected chi connectivity index (χ0v) is 11.4. The first-order chi connectivity index (χ1) is 10.2. The van der Waals surface area contributed by atoms with E-state index in [9.17, 15) is 4.79 Å². The van der Waals surface area contributed by atoms with Crippen LogP contribution in [0.3, 0.4) is 0 Å². The molecule has 0 fully saturated rings. The maximum Gasteiger partial charge on any atom is 0.248 e. The van der Waals surface area contributed by atoms with Crippen LogP contribution in [0, 0.1) is 0 Å². The molecule has 0 aliphatic rings. The maximum absolute atomic E-state index is 12.1. The smallest absolute Gasteiger partial charge is 0.248 e. The van der Waals surface area contributed by atoms with Crippen LogP contribution in [0.25, 0.3) is 5.69 Å². The number of carbonyl (C=O) groups is 1. The highest BCUT2D eigenvalue weighted by Gasteiger charge is 2.14. The van der Waals surface area contributed by atoms with E-state index in [2.05, 4.69) is 20.5 Å². The maximum atomic E-state index is 12.1. The van der Waals surface area contributed by atoms with Crippen LogP contribution in [-0.4, -0.2) is 30.5 Å². The topological polar surface area (TPSA) is 77.6 Å². The number of hydrogen-bond donors (Lipinski definition) is 1. The number of rotatable bonds is 4. The first-order valence-corrected chi connectivity index (χ1v) is 6.49. The minimum Gasteiger partial charge on any atom is -0.324 e.